The zero-order chi connectivity index (χ0) is 26.1. The number of amides is 1. The molecular weight excluding hydrogens is 510 g/mol. The number of benzene rings is 2. The number of ether oxygens (including phenoxy) is 3. The topological polar surface area (TPSA) is 97.3 Å². The van der Waals surface area contributed by atoms with Crippen molar-refractivity contribution < 1.29 is 32.9 Å². The van der Waals surface area contributed by atoms with E-state index in [4.69, 9.17) is 25.8 Å². The van der Waals surface area contributed by atoms with Crippen LogP contribution in [0, 0.1) is 11.6 Å². The first-order chi connectivity index (χ1) is 17.9. The Morgan fingerprint density at radius 1 is 1.19 bits per heavy atom. The summed E-state index contributed by atoms with van der Waals surface area (Å²) in [6.45, 7) is 5.93. The highest BCUT2D eigenvalue weighted by atomic mass is 35.5. The summed E-state index contributed by atoms with van der Waals surface area (Å²) in [5, 5.41) is 10.4. The molecule has 37 heavy (non-hydrogen) atoms. The zero-order valence-electron chi connectivity index (χ0n) is 19.6. The van der Waals surface area contributed by atoms with Gasteiger partial charge in [0.1, 0.15) is 29.5 Å². The highest BCUT2D eigenvalue weighted by Gasteiger charge is 2.28. The van der Waals surface area contributed by atoms with Gasteiger partial charge in [0.05, 0.1) is 23.8 Å². The number of rotatable bonds is 6. The number of aromatic hydroxyl groups is 1. The molecule has 1 amide bonds. The van der Waals surface area contributed by atoms with Crippen molar-refractivity contribution in [2.75, 3.05) is 50.9 Å². The second kappa shape index (κ2) is 10.4. The molecule has 2 aromatic carbocycles. The van der Waals surface area contributed by atoms with Crippen LogP contribution >= 0.6 is 11.6 Å². The van der Waals surface area contributed by atoms with Gasteiger partial charge < -0.3 is 29.1 Å². The first-order valence-corrected chi connectivity index (χ1v) is 11.9. The van der Waals surface area contributed by atoms with Crippen LogP contribution in [0.25, 0.3) is 22.0 Å². The molecule has 0 bridgehead atoms. The number of nitrogens with zero attached hydrogens (tertiary/aromatic N) is 4. The number of phenolic OH excluding ortho intramolecular Hbond substituents is 1. The van der Waals surface area contributed by atoms with Crippen LogP contribution in [0.15, 0.2) is 36.9 Å². The van der Waals surface area contributed by atoms with Crippen LogP contribution in [0.2, 0.25) is 5.02 Å². The molecule has 0 saturated carbocycles. The quantitative estimate of drug-likeness (QED) is 0.482. The number of phenols is 1. The molecule has 2 saturated heterocycles. The molecule has 0 unspecified atom stereocenters. The van der Waals surface area contributed by atoms with Crippen molar-refractivity contribution in [3.63, 3.8) is 0 Å². The summed E-state index contributed by atoms with van der Waals surface area (Å²) in [5.41, 5.74) is -0.872. The summed E-state index contributed by atoms with van der Waals surface area (Å²) in [6.07, 6.45) is 0.640. The lowest BCUT2D eigenvalue weighted by molar-refractivity contribution is -0.126. The number of hydrogen-bond acceptors (Lipinski definition) is 8. The Labute approximate surface area is 215 Å². The minimum absolute atomic E-state index is 0.0251. The van der Waals surface area contributed by atoms with Crippen molar-refractivity contribution in [2.24, 2.45) is 0 Å². The summed E-state index contributed by atoms with van der Waals surface area (Å²) < 4.78 is 47.1. The Morgan fingerprint density at radius 3 is 2.59 bits per heavy atom. The lowest BCUT2D eigenvalue weighted by Crippen LogP contribution is -2.48. The second-order valence-corrected chi connectivity index (χ2v) is 8.81. The fourth-order valence-corrected chi connectivity index (χ4v) is 4.66. The number of piperazine rings is 1. The van der Waals surface area contributed by atoms with E-state index in [9.17, 15) is 14.3 Å². The molecule has 12 heteroatoms. The average Bonchev–Trinajstić information content (AvgIpc) is 3.42. The number of fused-ring (bicyclic) bond motifs is 1. The molecule has 9 nitrogen and oxygen atoms in total. The molecule has 194 valence electrons. The van der Waals surface area contributed by atoms with Crippen LogP contribution in [-0.4, -0.2) is 78.2 Å². The third kappa shape index (κ3) is 4.89. The first-order valence-electron chi connectivity index (χ1n) is 11.6. The van der Waals surface area contributed by atoms with E-state index in [0.29, 0.717) is 45.2 Å². The molecule has 0 aliphatic carbocycles. The molecule has 0 radical (unpaired) electrons. The smallest absolute Gasteiger partial charge is 0.319 e. The number of hydrogen-bond donors (Lipinski definition) is 1. The van der Waals surface area contributed by atoms with E-state index in [-0.39, 0.29) is 45.6 Å². The van der Waals surface area contributed by atoms with Gasteiger partial charge in [-0.05, 0) is 24.3 Å². The minimum atomic E-state index is -0.940. The predicted molar refractivity (Wildman–Crippen MR) is 132 cm³/mol. The van der Waals surface area contributed by atoms with Crippen LogP contribution in [-0.2, 0) is 14.3 Å². The van der Waals surface area contributed by atoms with Gasteiger partial charge in [0.2, 0.25) is 5.91 Å². The Bertz CT molecular complexity index is 1340. The number of carbonyl (C=O) groups is 1. The summed E-state index contributed by atoms with van der Waals surface area (Å²) in [7, 11) is 0. The third-order valence-corrected chi connectivity index (χ3v) is 6.49. The van der Waals surface area contributed by atoms with Gasteiger partial charge >= 0.3 is 6.01 Å². The third-order valence-electron chi connectivity index (χ3n) is 6.19. The molecule has 2 aliphatic rings. The SMILES string of the molecule is C=CC(=O)N1CCN(c2nc(OCC3OCCO3)nc3c(F)c(-c4c(O)cccc4F)c(Cl)cc23)CC1. The fourth-order valence-electron chi connectivity index (χ4n) is 4.37. The predicted octanol–water partition coefficient (Wildman–Crippen LogP) is 3.52. The number of anilines is 1. The Kier molecular flexibility index (Phi) is 7.09. The van der Waals surface area contributed by atoms with Gasteiger partial charge in [0, 0.05) is 37.1 Å². The zero-order valence-corrected chi connectivity index (χ0v) is 20.4. The Hall–Kier alpha value is -3.54. The van der Waals surface area contributed by atoms with Gasteiger partial charge in [0.25, 0.3) is 0 Å². The van der Waals surface area contributed by atoms with E-state index < -0.39 is 23.7 Å². The molecule has 1 N–H and O–H groups in total. The van der Waals surface area contributed by atoms with Crippen molar-refractivity contribution >= 4 is 34.2 Å². The normalized spacial score (nSPS) is 16.4. The van der Waals surface area contributed by atoms with Gasteiger partial charge in [0.15, 0.2) is 12.1 Å². The maximum Gasteiger partial charge on any atom is 0.319 e. The lowest BCUT2D eigenvalue weighted by Gasteiger charge is -2.35. The van der Waals surface area contributed by atoms with Crippen molar-refractivity contribution in [1.29, 1.82) is 0 Å². The molecule has 2 aliphatic heterocycles. The summed E-state index contributed by atoms with van der Waals surface area (Å²) in [6, 6.07) is 4.93. The van der Waals surface area contributed by atoms with Crippen LogP contribution < -0.4 is 9.64 Å². The molecule has 3 heterocycles. The van der Waals surface area contributed by atoms with E-state index in [1.54, 1.807) is 4.90 Å². The van der Waals surface area contributed by atoms with E-state index in [2.05, 4.69) is 16.5 Å². The molecule has 5 rings (SSSR count). The molecule has 0 spiro atoms. The van der Waals surface area contributed by atoms with E-state index in [1.807, 2.05) is 4.90 Å². The van der Waals surface area contributed by atoms with E-state index in [0.717, 1.165) is 6.07 Å². The van der Waals surface area contributed by atoms with Crippen molar-refractivity contribution in [3.8, 4) is 22.9 Å². The van der Waals surface area contributed by atoms with Gasteiger partial charge in [-0.2, -0.15) is 9.97 Å². The molecule has 1 aromatic heterocycles. The highest BCUT2D eigenvalue weighted by molar-refractivity contribution is 6.34. The molecule has 0 atom stereocenters. The maximum atomic E-state index is 16.0. The summed E-state index contributed by atoms with van der Waals surface area (Å²) in [4.78, 5) is 24.3. The van der Waals surface area contributed by atoms with Crippen LogP contribution in [0.5, 0.6) is 11.8 Å². The van der Waals surface area contributed by atoms with Gasteiger partial charge in [-0.1, -0.05) is 24.2 Å². The van der Waals surface area contributed by atoms with Gasteiger partial charge in [-0.15, -0.1) is 0 Å². The van der Waals surface area contributed by atoms with Crippen LogP contribution in [0.3, 0.4) is 0 Å². The Morgan fingerprint density at radius 2 is 1.92 bits per heavy atom. The number of aromatic nitrogens is 2. The van der Waals surface area contributed by atoms with Crippen molar-refractivity contribution in [2.45, 2.75) is 6.29 Å². The molecule has 3 aromatic rings. The maximum absolute atomic E-state index is 16.0. The average molecular weight is 533 g/mol. The lowest BCUT2D eigenvalue weighted by atomic mass is 10.0. The number of carbonyl (C=O) groups excluding carboxylic acids is 1. The van der Waals surface area contributed by atoms with Crippen molar-refractivity contribution in [1.82, 2.24) is 14.9 Å². The Balaban J connectivity index is 1.60. The minimum Gasteiger partial charge on any atom is -0.507 e. The van der Waals surface area contributed by atoms with Crippen molar-refractivity contribution in [3.05, 3.63) is 53.6 Å². The molecular formula is C25H23ClF2N4O5. The van der Waals surface area contributed by atoms with E-state index in [1.165, 1.54) is 24.3 Å². The summed E-state index contributed by atoms with van der Waals surface area (Å²) >= 11 is 6.45. The standard InChI is InChI=1S/C25H23ClF2N4O5/c1-2-18(34)31-6-8-32(9-7-31)24-14-12-15(26)20(21-16(27)4-3-5-17(21)33)22(28)23(14)29-25(30-24)37-13-19-35-10-11-36-19/h2-5,12,19,33H,1,6-11,13H2. The number of halogens is 3. The molecule has 2 fully saturated rings. The monoisotopic (exact) mass is 532 g/mol. The van der Waals surface area contributed by atoms with Gasteiger partial charge in [-0.3, -0.25) is 4.79 Å². The van der Waals surface area contributed by atoms with Crippen LogP contribution in [0.1, 0.15) is 0 Å². The van der Waals surface area contributed by atoms with Gasteiger partial charge in [-0.25, -0.2) is 8.78 Å². The van der Waals surface area contributed by atoms with E-state index >= 15 is 4.39 Å². The largest absolute Gasteiger partial charge is 0.507 e. The summed E-state index contributed by atoms with van der Waals surface area (Å²) in [5.74, 6) is -2.10. The van der Waals surface area contributed by atoms with Crippen LogP contribution in [0.4, 0.5) is 14.6 Å². The fraction of sp³-hybridized carbons (Fsp3) is 0.320. The second-order valence-electron chi connectivity index (χ2n) is 8.41. The first kappa shape index (κ1) is 25.1. The highest BCUT2D eigenvalue weighted by Crippen LogP contribution is 2.42.